The van der Waals surface area contributed by atoms with Crippen molar-refractivity contribution in [3.63, 3.8) is 0 Å². The van der Waals surface area contributed by atoms with Gasteiger partial charge in [-0.25, -0.2) is 10.2 Å². The average molecular weight is 498 g/mol. The normalized spacial score (nSPS) is 10.9. The fourth-order valence-electron chi connectivity index (χ4n) is 4.51. The van der Waals surface area contributed by atoms with Gasteiger partial charge < -0.3 is 10.4 Å². The first-order valence-corrected chi connectivity index (χ1v) is 14.2. The van der Waals surface area contributed by atoms with Gasteiger partial charge in [0.05, 0.1) is 5.56 Å². The zero-order chi connectivity index (χ0) is 25.8. The predicted octanol–water partition coefficient (Wildman–Crippen LogP) is 7.75. The third-order valence-corrected chi connectivity index (χ3v) is 6.71. The van der Waals surface area contributed by atoms with Gasteiger partial charge >= 0.3 is 6.03 Å². The monoisotopic (exact) mass is 497 g/mol. The lowest BCUT2D eigenvalue weighted by molar-refractivity contribution is 0.0933. The van der Waals surface area contributed by atoms with Crippen molar-refractivity contribution in [3.8, 4) is 5.75 Å². The second-order valence-electron chi connectivity index (χ2n) is 9.85. The number of phenolic OH excluding ortho intramolecular Hbond substituents is 1. The zero-order valence-electron chi connectivity index (χ0n) is 22.2. The summed E-state index contributed by atoms with van der Waals surface area (Å²) >= 11 is 0. The van der Waals surface area contributed by atoms with E-state index in [0.29, 0.717) is 6.54 Å². The maximum atomic E-state index is 12.3. The summed E-state index contributed by atoms with van der Waals surface area (Å²) < 4.78 is 0. The van der Waals surface area contributed by atoms with E-state index in [-0.39, 0.29) is 11.3 Å². The number of carbonyl (C=O) groups is 2. The van der Waals surface area contributed by atoms with E-state index in [1.165, 1.54) is 89.9 Å². The molecule has 0 atom stereocenters. The van der Waals surface area contributed by atoms with Crippen molar-refractivity contribution in [1.29, 1.82) is 0 Å². The third-order valence-electron chi connectivity index (χ3n) is 6.71. The van der Waals surface area contributed by atoms with Crippen LogP contribution in [0.15, 0.2) is 36.4 Å². The maximum absolute atomic E-state index is 12.3. The molecule has 0 unspecified atom stereocenters. The molecule has 0 radical (unpaired) electrons. The highest BCUT2D eigenvalue weighted by atomic mass is 16.3. The zero-order valence-corrected chi connectivity index (χ0v) is 22.2. The summed E-state index contributed by atoms with van der Waals surface area (Å²) in [4.78, 5) is 24.3. The van der Waals surface area contributed by atoms with Crippen molar-refractivity contribution >= 4 is 22.7 Å². The van der Waals surface area contributed by atoms with Gasteiger partial charge in [-0.3, -0.25) is 10.2 Å². The smallest absolute Gasteiger partial charge is 0.333 e. The van der Waals surface area contributed by atoms with E-state index in [4.69, 9.17) is 0 Å². The van der Waals surface area contributed by atoms with Crippen LogP contribution in [0.1, 0.15) is 120 Å². The molecular weight excluding hydrogens is 450 g/mol. The number of aromatic hydroxyl groups is 1. The average Bonchev–Trinajstić information content (AvgIpc) is 2.88. The molecule has 0 aliphatic rings. The summed E-state index contributed by atoms with van der Waals surface area (Å²) in [6.07, 6.45) is 21.0. The first-order chi connectivity index (χ1) is 17.6. The number of unbranched alkanes of at least 4 members (excludes halogenated alkanes) is 15. The predicted molar refractivity (Wildman–Crippen MR) is 149 cm³/mol. The van der Waals surface area contributed by atoms with Crippen LogP contribution in [-0.4, -0.2) is 23.6 Å². The van der Waals surface area contributed by atoms with Gasteiger partial charge in [0.2, 0.25) is 0 Å². The lowest BCUT2D eigenvalue weighted by Gasteiger charge is -2.10. The minimum absolute atomic E-state index is 0.117. The minimum atomic E-state index is -0.559. The molecule has 0 bridgehead atoms. The summed E-state index contributed by atoms with van der Waals surface area (Å²) in [5, 5.41) is 14.6. The van der Waals surface area contributed by atoms with Crippen LogP contribution < -0.4 is 16.2 Å². The topological polar surface area (TPSA) is 90.5 Å². The quantitative estimate of drug-likeness (QED) is 0.125. The Morgan fingerprint density at radius 1 is 0.667 bits per heavy atom. The fraction of sp³-hybridized carbons (Fsp3) is 0.600. The lowest BCUT2D eigenvalue weighted by Crippen LogP contribution is -2.47. The molecule has 200 valence electrons. The van der Waals surface area contributed by atoms with Gasteiger partial charge in [0.1, 0.15) is 5.75 Å². The van der Waals surface area contributed by atoms with E-state index in [1.54, 1.807) is 12.1 Å². The Balaban J connectivity index is 1.40. The summed E-state index contributed by atoms with van der Waals surface area (Å²) in [6, 6.07) is 10.2. The molecule has 36 heavy (non-hydrogen) atoms. The highest BCUT2D eigenvalue weighted by Crippen LogP contribution is 2.24. The van der Waals surface area contributed by atoms with Crippen LogP contribution in [0.25, 0.3) is 10.8 Å². The number of benzene rings is 2. The Labute approximate surface area is 217 Å². The molecule has 2 rings (SSSR count). The Kier molecular flexibility index (Phi) is 15.1. The van der Waals surface area contributed by atoms with Crippen LogP contribution >= 0.6 is 0 Å². The van der Waals surface area contributed by atoms with E-state index in [2.05, 4.69) is 23.1 Å². The molecule has 6 nitrogen and oxygen atoms in total. The molecule has 0 spiro atoms. The summed E-state index contributed by atoms with van der Waals surface area (Å²) in [7, 11) is 0. The largest absolute Gasteiger partial charge is 0.507 e. The van der Waals surface area contributed by atoms with Crippen LogP contribution in [0.4, 0.5) is 4.79 Å². The number of hydrogen-bond donors (Lipinski definition) is 4. The molecule has 3 amide bonds. The number of rotatable bonds is 18. The van der Waals surface area contributed by atoms with Crippen LogP contribution in [-0.2, 0) is 0 Å². The molecule has 0 fully saturated rings. The van der Waals surface area contributed by atoms with Crippen molar-refractivity contribution in [2.45, 2.75) is 110 Å². The first-order valence-electron chi connectivity index (χ1n) is 14.2. The Morgan fingerprint density at radius 2 is 1.14 bits per heavy atom. The summed E-state index contributed by atoms with van der Waals surface area (Å²) in [5.41, 5.74) is 4.82. The number of hydrazine groups is 1. The third kappa shape index (κ3) is 12.3. The van der Waals surface area contributed by atoms with Crippen molar-refractivity contribution in [2.24, 2.45) is 0 Å². The van der Waals surface area contributed by atoms with E-state index < -0.39 is 11.9 Å². The molecule has 0 aromatic heterocycles. The summed E-state index contributed by atoms with van der Waals surface area (Å²) in [6.45, 7) is 2.84. The molecule has 6 heteroatoms. The Bertz CT molecular complexity index is 900. The van der Waals surface area contributed by atoms with E-state index >= 15 is 0 Å². The maximum Gasteiger partial charge on any atom is 0.333 e. The number of carbonyl (C=O) groups excluding carboxylic acids is 2. The molecule has 0 heterocycles. The molecular formula is C30H47N3O3. The second kappa shape index (κ2) is 18.5. The van der Waals surface area contributed by atoms with Crippen molar-refractivity contribution in [2.75, 3.05) is 6.54 Å². The van der Waals surface area contributed by atoms with Gasteiger partial charge in [0.25, 0.3) is 5.91 Å². The second-order valence-corrected chi connectivity index (χ2v) is 9.85. The fourth-order valence-corrected chi connectivity index (χ4v) is 4.51. The molecule has 0 aliphatic carbocycles. The van der Waals surface area contributed by atoms with Crippen LogP contribution in [0.2, 0.25) is 0 Å². The van der Waals surface area contributed by atoms with Gasteiger partial charge in [0.15, 0.2) is 0 Å². The SMILES string of the molecule is CCCCCCCCCCCCCCCCCCNC(=O)NNC(=O)c1cc2ccccc2cc1O. The molecule has 2 aromatic carbocycles. The number of phenols is 1. The molecule has 0 saturated carbocycles. The lowest BCUT2D eigenvalue weighted by atomic mass is 10.0. The Morgan fingerprint density at radius 3 is 1.67 bits per heavy atom. The van der Waals surface area contributed by atoms with Crippen molar-refractivity contribution in [1.82, 2.24) is 16.2 Å². The number of hydrogen-bond acceptors (Lipinski definition) is 3. The highest BCUT2D eigenvalue weighted by molar-refractivity contribution is 6.01. The Hall–Kier alpha value is -2.76. The van der Waals surface area contributed by atoms with Gasteiger partial charge in [0, 0.05) is 6.54 Å². The number of amides is 3. The van der Waals surface area contributed by atoms with Gasteiger partial charge in [-0.15, -0.1) is 0 Å². The van der Waals surface area contributed by atoms with Crippen LogP contribution in [0.5, 0.6) is 5.75 Å². The minimum Gasteiger partial charge on any atom is -0.507 e. The number of nitrogens with one attached hydrogen (secondary N) is 3. The van der Waals surface area contributed by atoms with Crippen LogP contribution in [0.3, 0.4) is 0 Å². The number of fused-ring (bicyclic) bond motifs is 1. The highest BCUT2D eigenvalue weighted by Gasteiger charge is 2.13. The van der Waals surface area contributed by atoms with Crippen molar-refractivity contribution in [3.05, 3.63) is 42.0 Å². The van der Waals surface area contributed by atoms with Crippen LogP contribution in [0, 0.1) is 0 Å². The summed E-state index contributed by atoms with van der Waals surface area (Å²) in [5.74, 6) is -0.683. The molecule has 0 saturated heterocycles. The van der Waals surface area contributed by atoms with Gasteiger partial charge in [-0.05, 0) is 29.3 Å². The van der Waals surface area contributed by atoms with E-state index in [9.17, 15) is 14.7 Å². The van der Waals surface area contributed by atoms with Gasteiger partial charge in [-0.2, -0.15) is 0 Å². The van der Waals surface area contributed by atoms with E-state index in [0.717, 1.165) is 23.6 Å². The molecule has 4 N–H and O–H groups in total. The number of urea groups is 1. The standard InChI is InChI=1S/C30H47N3O3/c1-2-3-4-5-6-7-8-9-10-11-12-13-14-15-16-19-22-31-30(36)33-32-29(35)27-23-25-20-17-18-21-26(25)24-28(27)34/h17-18,20-21,23-24,34H,2-16,19,22H2,1H3,(H,32,35)(H2,31,33,36). The van der Waals surface area contributed by atoms with Crippen molar-refractivity contribution < 1.29 is 14.7 Å². The first kappa shape index (κ1) is 29.5. The molecule has 0 aliphatic heterocycles. The molecule has 2 aromatic rings. The van der Waals surface area contributed by atoms with E-state index in [1.807, 2.05) is 24.3 Å². The van der Waals surface area contributed by atoms with Gasteiger partial charge in [-0.1, -0.05) is 128 Å².